The number of hydrogen-bond acceptors (Lipinski definition) is 6. The number of halogens is 1. The number of imidazole rings is 1. The Hall–Kier alpha value is -3.23. The van der Waals surface area contributed by atoms with Crippen molar-refractivity contribution in [1.82, 2.24) is 9.97 Å². The van der Waals surface area contributed by atoms with E-state index < -0.39 is 6.10 Å². The summed E-state index contributed by atoms with van der Waals surface area (Å²) >= 11 is 1.32. The number of H-pyrrole nitrogens is 1. The predicted octanol–water partition coefficient (Wildman–Crippen LogP) is 5.14. The van der Waals surface area contributed by atoms with E-state index in [1.165, 1.54) is 31.6 Å². The quantitative estimate of drug-likeness (QED) is 0.371. The van der Waals surface area contributed by atoms with Crippen molar-refractivity contribution in [3.05, 3.63) is 65.2 Å². The van der Waals surface area contributed by atoms with Crippen molar-refractivity contribution in [2.24, 2.45) is 0 Å². The number of hydrogen-bond donors (Lipinski definition) is 2. The molecule has 2 heterocycles. The van der Waals surface area contributed by atoms with Gasteiger partial charge in [-0.15, -0.1) is 11.3 Å². The monoisotopic (exact) mass is 440 g/mol. The summed E-state index contributed by atoms with van der Waals surface area (Å²) in [6.45, 7) is 0. The van der Waals surface area contributed by atoms with E-state index in [4.69, 9.17) is 9.47 Å². The Morgan fingerprint density at radius 1 is 1.23 bits per heavy atom. The van der Waals surface area contributed by atoms with Gasteiger partial charge in [-0.3, -0.25) is 4.79 Å². The minimum atomic E-state index is -0.931. The summed E-state index contributed by atoms with van der Waals surface area (Å²) in [5, 5.41) is 13.2. The van der Waals surface area contributed by atoms with Crippen molar-refractivity contribution in [2.75, 3.05) is 14.2 Å². The summed E-state index contributed by atoms with van der Waals surface area (Å²) in [4.78, 5) is 19.9. The summed E-state index contributed by atoms with van der Waals surface area (Å²) < 4.78 is 24.9. The van der Waals surface area contributed by atoms with Gasteiger partial charge in [-0.1, -0.05) is 12.1 Å². The van der Waals surface area contributed by atoms with Gasteiger partial charge in [0.05, 0.1) is 30.8 Å². The highest BCUT2D eigenvalue weighted by molar-refractivity contribution is 7.17. The SMILES string of the molecule is COc1ccc(C(=O)CCC(O)c2ncc(-c3csc4c(F)cccc34)[nH]2)cc1OC. The summed E-state index contributed by atoms with van der Waals surface area (Å²) in [6.07, 6.45) is 1.03. The number of Topliss-reactive ketones (excluding diaryl/α,β-unsaturated/α-hetero) is 1. The first-order valence-electron chi connectivity index (χ1n) is 9.66. The number of carbonyl (C=O) groups is 1. The van der Waals surface area contributed by atoms with Gasteiger partial charge in [-0.2, -0.15) is 0 Å². The first-order chi connectivity index (χ1) is 15.0. The number of methoxy groups -OCH3 is 2. The topological polar surface area (TPSA) is 84.4 Å². The number of aromatic amines is 1. The van der Waals surface area contributed by atoms with Crippen LogP contribution in [0.25, 0.3) is 21.3 Å². The van der Waals surface area contributed by atoms with Crippen molar-refractivity contribution >= 4 is 27.2 Å². The zero-order chi connectivity index (χ0) is 22.0. The fourth-order valence-corrected chi connectivity index (χ4v) is 4.41. The molecule has 0 radical (unpaired) electrons. The molecule has 8 heteroatoms. The van der Waals surface area contributed by atoms with E-state index >= 15 is 0 Å². The van der Waals surface area contributed by atoms with E-state index in [9.17, 15) is 14.3 Å². The number of rotatable bonds is 8. The van der Waals surface area contributed by atoms with Crippen LogP contribution in [0.3, 0.4) is 0 Å². The van der Waals surface area contributed by atoms with Crippen LogP contribution in [0.1, 0.15) is 35.1 Å². The number of aliphatic hydroxyl groups excluding tert-OH is 1. The standard InChI is InChI=1S/C23H21FN2O4S/c1-29-20-9-6-13(10-21(20)30-2)18(27)7-8-19(28)23-25-11-17(26-23)15-12-31-22-14(15)4-3-5-16(22)24/h3-6,9-12,19,28H,7-8H2,1-2H3,(H,25,26). The Kier molecular flexibility index (Phi) is 6.01. The largest absolute Gasteiger partial charge is 0.493 e. The van der Waals surface area contributed by atoms with Crippen LogP contribution < -0.4 is 9.47 Å². The van der Waals surface area contributed by atoms with Crippen LogP contribution in [0, 0.1) is 5.82 Å². The molecule has 0 saturated heterocycles. The fourth-order valence-electron chi connectivity index (χ4n) is 3.43. The molecular weight excluding hydrogens is 419 g/mol. The van der Waals surface area contributed by atoms with Gasteiger partial charge >= 0.3 is 0 Å². The highest BCUT2D eigenvalue weighted by Crippen LogP contribution is 2.35. The van der Waals surface area contributed by atoms with Crippen LogP contribution in [-0.4, -0.2) is 35.1 Å². The molecule has 0 aliphatic rings. The predicted molar refractivity (Wildman–Crippen MR) is 117 cm³/mol. The molecule has 1 atom stereocenters. The Balaban J connectivity index is 1.45. The van der Waals surface area contributed by atoms with Gasteiger partial charge in [0.2, 0.25) is 0 Å². The number of carbonyl (C=O) groups excluding carboxylic acids is 1. The highest BCUT2D eigenvalue weighted by atomic mass is 32.1. The normalized spacial score (nSPS) is 12.1. The van der Waals surface area contributed by atoms with E-state index in [0.717, 1.165) is 10.9 Å². The number of thiophene rings is 1. The zero-order valence-electron chi connectivity index (χ0n) is 17.0. The Bertz CT molecular complexity index is 1230. The molecule has 0 amide bonds. The van der Waals surface area contributed by atoms with Gasteiger partial charge in [0.1, 0.15) is 17.7 Å². The maximum atomic E-state index is 14.0. The molecule has 0 bridgehead atoms. The molecule has 31 heavy (non-hydrogen) atoms. The average molecular weight is 440 g/mol. The molecule has 0 aliphatic carbocycles. The number of benzene rings is 2. The Morgan fingerprint density at radius 3 is 2.81 bits per heavy atom. The van der Waals surface area contributed by atoms with E-state index in [2.05, 4.69) is 9.97 Å². The van der Waals surface area contributed by atoms with E-state index in [1.54, 1.807) is 30.5 Å². The molecule has 2 aromatic heterocycles. The Morgan fingerprint density at radius 2 is 2.03 bits per heavy atom. The lowest BCUT2D eigenvalue weighted by Crippen LogP contribution is -2.06. The molecule has 2 aromatic carbocycles. The molecule has 1 unspecified atom stereocenters. The number of fused-ring (bicyclic) bond motifs is 1. The average Bonchev–Trinajstić information content (AvgIpc) is 3.44. The van der Waals surface area contributed by atoms with Crippen molar-refractivity contribution < 1.29 is 23.8 Å². The smallest absolute Gasteiger partial charge is 0.163 e. The fraction of sp³-hybridized carbons (Fsp3) is 0.217. The molecule has 0 saturated carbocycles. The maximum absolute atomic E-state index is 14.0. The number of nitrogens with zero attached hydrogens (tertiary/aromatic N) is 1. The molecule has 0 fully saturated rings. The molecule has 160 valence electrons. The van der Waals surface area contributed by atoms with Gasteiger partial charge in [-0.25, -0.2) is 9.37 Å². The third-order valence-corrected chi connectivity index (χ3v) is 6.11. The Labute approximate surface area is 182 Å². The van der Waals surface area contributed by atoms with Crippen molar-refractivity contribution in [2.45, 2.75) is 18.9 Å². The van der Waals surface area contributed by atoms with Gasteiger partial charge in [-0.05, 0) is 30.7 Å². The first kappa shape index (κ1) is 21.0. The van der Waals surface area contributed by atoms with E-state index in [1.807, 2.05) is 11.4 Å². The third-order valence-electron chi connectivity index (χ3n) is 5.10. The minimum Gasteiger partial charge on any atom is -0.493 e. The van der Waals surface area contributed by atoms with Gasteiger partial charge < -0.3 is 19.6 Å². The van der Waals surface area contributed by atoms with Crippen LogP contribution >= 0.6 is 11.3 Å². The van der Waals surface area contributed by atoms with Gasteiger partial charge in [0, 0.05) is 28.3 Å². The maximum Gasteiger partial charge on any atom is 0.163 e. The van der Waals surface area contributed by atoms with E-state index in [0.29, 0.717) is 33.3 Å². The number of aliphatic hydroxyl groups is 1. The number of aromatic nitrogens is 2. The summed E-state index contributed by atoms with van der Waals surface area (Å²) in [5.74, 6) is 1.01. The van der Waals surface area contributed by atoms with Crippen LogP contribution in [0.15, 0.2) is 48.0 Å². The van der Waals surface area contributed by atoms with Gasteiger partial charge in [0.25, 0.3) is 0 Å². The molecule has 6 nitrogen and oxygen atoms in total. The molecule has 0 aliphatic heterocycles. The molecule has 4 aromatic rings. The zero-order valence-corrected chi connectivity index (χ0v) is 17.8. The second-order valence-corrected chi connectivity index (χ2v) is 7.88. The van der Waals surface area contributed by atoms with Crippen LogP contribution in [0.2, 0.25) is 0 Å². The number of nitrogens with one attached hydrogen (secondary N) is 1. The van der Waals surface area contributed by atoms with E-state index in [-0.39, 0.29) is 24.4 Å². The van der Waals surface area contributed by atoms with Crippen LogP contribution in [0.4, 0.5) is 4.39 Å². The minimum absolute atomic E-state index is 0.119. The van der Waals surface area contributed by atoms with Crippen LogP contribution in [-0.2, 0) is 0 Å². The van der Waals surface area contributed by atoms with Crippen LogP contribution in [0.5, 0.6) is 11.5 Å². The summed E-state index contributed by atoms with van der Waals surface area (Å²) in [5.41, 5.74) is 2.00. The lowest BCUT2D eigenvalue weighted by molar-refractivity contribution is 0.0934. The number of ether oxygens (including phenoxy) is 2. The molecule has 4 rings (SSSR count). The summed E-state index contributed by atoms with van der Waals surface area (Å²) in [6, 6.07) is 9.92. The van der Waals surface area contributed by atoms with Crippen molar-refractivity contribution in [3.8, 4) is 22.8 Å². The number of ketones is 1. The second kappa shape index (κ2) is 8.87. The van der Waals surface area contributed by atoms with Crippen molar-refractivity contribution in [1.29, 1.82) is 0 Å². The second-order valence-electron chi connectivity index (χ2n) is 7.00. The first-order valence-corrected chi connectivity index (χ1v) is 10.5. The third kappa shape index (κ3) is 4.17. The molecular formula is C23H21FN2O4S. The van der Waals surface area contributed by atoms with Crippen molar-refractivity contribution in [3.63, 3.8) is 0 Å². The highest BCUT2D eigenvalue weighted by Gasteiger charge is 2.18. The molecule has 2 N–H and O–H groups in total. The lowest BCUT2D eigenvalue weighted by atomic mass is 10.0. The molecule has 0 spiro atoms. The van der Waals surface area contributed by atoms with Gasteiger partial charge in [0.15, 0.2) is 17.3 Å². The lowest BCUT2D eigenvalue weighted by Gasteiger charge is -2.10. The summed E-state index contributed by atoms with van der Waals surface area (Å²) in [7, 11) is 3.04.